The van der Waals surface area contributed by atoms with E-state index in [1.165, 1.54) is 0 Å². The Morgan fingerprint density at radius 1 is 0.800 bits per heavy atom. The van der Waals surface area contributed by atoms with E-state index in [0.717, 1.165) is 0 Å². The van der Waals surface area contributed by atoms with Crippen LogP contribution < -0.4 is 4.74 Å². The van der Waals surface area contributed by atoms with E-state index in [0.29, 0.717) is 4.43 Å². The third kappa shape index (κ3) is 2.32. The van der Waals surface area contributed by atoms with Crippen molar-refractivity contribution in [3.05, 3.63) is 29.1 Å². The van der Waals surface area contributed by atoms with Crippen LogP contribution in [0.1, 0.15) is 0 Å². The van der Waals surface area contributed by atoms with Gasteiger partial charge < -0.3 is 4.74 Å². The highest BCUT2D eigenvalue weighted by Crippen LogP contribution is 2.28. The fourth-order valence-corrected chi connectivity index (χ4v) is 1.07. The maximum Gasteiger partial charge on any atom is 0.206 e. The Bertz CT molecular complexity index is 353. The van der Waals surface area contributed by atoms with Gasteiger partial charge in [-0.25, -0.2) is 13.2 Å². The zero-order chi connectivity index (χ0) is 11.6. The molecule has 1 aromatic carbocycles. The third-order valence-electron chi connectivity index (χ3n) is 1.49. The number of benzene rings is 1. The van der Waals surface area contributed by atoms with Gasteiger partial charge in [-0.3, -0.25) is 0 Å². The molecule has 0 aromatic heterocycles. The maximum atomic E-state index is 12.9. The van der Waals surface area contributed by atoms with Gasteiger partial charge in [0, 0.05) is 4.43 Å². The van der Waals surface area contributed by atoms with Crippen LogP contribution >= 0.6 is 22.6 Å². The van der Waals surface area contributed by atoms with Crippen molar-refractivity contribution in [2.24, 2.45) is 0 Å². The highest BCUT2D eigenvalue weighted by molar-refractivity contribution is 14.1. The summed E-state index contributed by atoms with van der Waals surface area (Å²) in [6.07, 6.45) is 0. The van der Waals surface area contributed by atoms with Crippen LogP contribution in [-0.4, -0.2) is 11.0 Å². The topological polar surface area (TPSA) is 9.23 Å². The molecule has 15 heavy (non-hydrogen) atoms. The summed E-state index contributed by atoms with van der Waals surface area (Å²) in [5, 5.41) is 0. The monoisotopic (exact) mass is 338 g/mol. The van der Waals surface area contributed by atoms with Crippen LogP contribution in [-0.2, 0) is 0 Å². The van der Waals surface area contributed by atoms with E-state index in [1.54, 1.807) is 0 Å². The molecule has 0 atom stereocenters. The smallest absolute Gasteiger partial charge is 0.206 e. The van der Waals surface area contributed by atoms with E-state index in [-0.39, 0.29) is 6.61 Å². The summed E-state index contributed by atoms with van der Waals surface area (Å²) in [7, 11) is 0. The average molecular weight is 338 g/mol. The summed E-state index contributed by atoms with van der Waals surface area (Å²) < 4.78 is 68.3. The van der Waals surface area contributed by atoms with Gasteiger partial charge in [0.2, 0.25) is 29.1 Å². The molecular formula is C8H4F5IO. The van der Waals surface area contributed by atoms with Crippen LogP contribution in [0.25, 0.3) is 0 Å². The summed E-state index contributed by atoms with van der Waals surface area (Å²) in [6.45, 7) is -0.140. The molecule has 0 bridgehead atoms. The normalized spacial score (nSPS) is 10.5. The average Bonchev–Trinajstić information content (AvgIpc) is 2.24. The largest absolute Gasteiger partial charge is 0.487 e. The Balaban J connectivity index is 3.26. The molecule has 0 spiro atoms. The van der Waals surface area contributed by atoms with E-state index in [2.05, 4.69) is 4.74 Å². The van der Waals surface area contributed by atoms with Crippen molar-refractivity contribution in [2.75, 3.05) is 11.0 Å². The van der Waals surface area contributed by atoms with Crippen LogP contribution in [0.3, 0.4) is 0 Å². The first kappa shape index (κ1) is 12.5. The zero-order valence-corrected chi connectivity index (χ0v) is 9.25. The summed E-state index contributed by atoms with van der Waals surface area (Å²) in [5.41, 5.74) is 0. The molecule has 0 heterocycles. The third-order valence-corrected chi connectivity index (χ3v) is 1.93. The molecule has 0 radical (unpaired) electrons. The van der Waals surface area contributed by atoms with E-state index in [9.17, 15) is 22.0 Å². The predicted octanol–water partition coefficient (Wildman–Crippen LogP) is 3.20. The Morgan fingerprint density at radius 3 is 1.60 bits per heavy atom. The van der Waals surface area contributed by atoms with Gasteiger partial charge >= 0.3 is 0 Å². The summed E-state index contributed by atoms with van der Waals surface area (Å²) in [5.74, 6) is -11.3. The number of alkyl halides is 1. The van der Waals surface area contributed by atoms with Crippen LogP contribution in [0, 0.1) is 29.1 Å². The second kappa shape index (κ2) is 4.95. The molecule has 7 heteroatoms. The lowest BCUT2D eigenvalue weighted by Gasteiger charge is -2.08. The van der Waals surface area contributed by atoms with E-state index >= 15 is 0 Å². The molecule has 0 aliphatic heterocycles. The quantitative estimate of drug-likeness (QED) is 0.270. The van der Waals surface area contributed by atoms with Crippen LogP contribution in [0.2, 0.25) is 0 Å². The number of hydrogen-bond donors (Lipinski definition) is 0. The fourth-order valence-electron chi connectivity index (χ4n) is 0.852. The summed E-state index contributed by atoms with van der Waals surface area (Å²) in [6, 6.07) is 0. The molecule has 1 nitrogen and oxygen atoms in total. The Morgan fingerprint density at radius 2 is 1.20 bits per heavy atom. The van der Waals surface area contributed by atoms with Crippen molar-refractivity contribution in [1.82, 2.24) is 0 Å². The van der Waals surface area contributed by atoms with E-state index in [1.807, 2.05) is 22.6 Å². The van der Waals surface area contributed by atoms with Crippen LogP contribution in [0.15, 0.2) is 0 Å². The first-order valence-electron chi connectivity index (χ1n) is 3.70. The molecule has 0 N–H and O–H groups in total. The van der Waals surface area contributed by atoms with Gasteiger partial charge in [0.05, 0.1) is 6.61 Å². The van der Waals surface area contributed by atoms with Crippen molar-refractivity contribution in [3.63, 3.8) is 0 Å². The fraction of sp³-hybridized carbons (Fsp3) is 0.250. The SMILES string of the molecule is Fc1c(F)c(F)c(OCCI)c(F)c1F. The standard InChI is InChI=1S/C8H4F5IO/c9-3-4(10)6(12)8(15-2-1-14)7(13)5(3)11/h1-2H2. The van der Waals surface area contributed by atoms with E-state index < -0.39 is 34.8 Å². The molecule has 0 aliphatic carbocycles. The lowest BCUT2D eigenvalue weighted by molar-refractivity contribution is 0.278. The van der Waals surface area contributed by atoms with Gasteiger partial charge in [0.25, 0.3) is 0 Å². The van der Waals surface area contributed by atoms with Crippen molar-refractivity contribution in [3.8, 4) is 5.75 Å². The van der Waals surface area contributed by atoms with Crippen molar-refractivity contribution >= 4 is 22.6 Å². The van der Waals surface area contributed by atoms with Gasteiger partial charge in [-0.2, -0.15) is 8.78 Å². The highest BCUT2D eigenvalue weighted by Gasteiger charge is 2.26. The maximum absolute atomic E-state index is 12.9. The Labute approximate surface area is 95.4 Å². The molecule has 0 saturated carbocycles. The van der Waals surface area contributed by atoms with Gasteiger partial charge in [0.15, 0.2) is 5.75 Å². The Hall–Kier alpha value is -0.600. The lowest BCUT2D eigenvalue weighted by atomic mass is 10.2. The zero-order valence-electron chi connectivity index (χ0n) is 7.09. The van der Waals surface area contributed by atoms with Gasteiger partial charge in [0.1, 0.15) is 0 Å². The molecule has 0 fully saturated rings. The van der Waals surface area contributed by atoms with Gasteiger partial charge in [-0.1, -0.05) is 22.6 Å². The lowest BCUT2D eigenvalue weighted by Crippen LogP contribution is -2.08. The molecule has 1 aromatic rings. The van der Waals surface area contributed by atoms with Crippen LogP contribution in [0.4, 0.5) is 22.0 Å². The molecule has 0 unspecified atom stereocenters. The second-order valence-electron chi connectivity index (χ2n) is 2.44. The van der Waals surface area contributed by atoms with Crippen molar-refractivity contribution in [1.29, 1.82) is 0 Å². The number of rotatable bonds is 3. The molecule has 0 amide bonds. The number of halogens is 6. The first-order chi connectivity index (χ1) is 7.00. The van der Waals surface area contributed by atoms with Gasteiger partial charge in [-0.15, -0.1) is 0 Å². The number of ether oxygens (including phenoxy) is 1. The first-order valence-corrected chi connectivity index (χ1v) is 5.23. The molecule has 84 valence electrons. The van der Waals surface area contributed by atoms with E-state index in [4.69, 9.17) is 0 Å². The van der Waals surface area contributed by atoms with Gasteiger partial charge in [-0.05, 0) is 0 Å². The highest BCUT2D eigenvalue weighted by atomic mass is 127. The number of hydrogen-bond acceptors (Lipinski definition) is 1. The molecule has 0 saturated heterocycles. The van der Waals surface area contributed by atoms with Crippen molar-refractivity contribution < 1.29 is 26.7 Å². The molecular weight excluding hydrogens is 334 g/mol. The minimum absolute atomic E-state index is 0.140. The minimum atomic E-state index is -2.19. The van der Waals surface area contributed by atoms with Crippen LogP contribution in [0.5, 0.6) is 5.75 Å². The molecule has 0 aliphatic rings. The minimum Gasteiger partial charge on any atom is -0.487 e. The summed E-state index contributed by atoms with van der Waals surface area (Å²) in [4.78, 5) is 0. The summed E-state index contributed by atoms with van der Waals surface area (Å²) >= 11 is 1.83. The second-order valence-corrected chi connectivity index (χ2v) is 3.52. The molecule has 1 rings (SSSR count). The predicted molar refractivity (Wildman–Crippen MR) is 50.6 cm³/mol. The van der Waals surface area contributed by atoms with Crippen molar-refractivity contribution in [2.45, 2.75) is 0 Å². The Kier molecular flexibility index (Phi) is 4.12.